The van der Waals surface area contributed by atoms with Crippen LogP contribution < -0.4 is 5.32 Å². The van der Waals surface area contributed by atoms with Gasteiger partial charge in [-0.3, -0.25) is 0 Å². The summed E-state index contributed by atoms with van der Waals surface area (Å²) < 4.78 is 0.876. The van der Waals surface area contributed by atoms with E-state index in [1.54, 1.807) is 0 Å². The van der Waals surface area contributed by atoms with Crippen LogP contribution in [-0.4, -0.2) is 36.1 Å². The van der Waals surface area contributed by atoms with Crippen LogP contribution in [0.15, 0.2) is 22.9 Å². The third-order valence-corrected chi connectivity index (χ3v) is 3.07. The van der Waals surface area contributed by atoms with E-state index in [-0.39, 0.29) is 0 Å². The molecule has 4 heteroatoms. The minimum absolute atomic E-state index is 0.876. The van der Waals surface area contributed by atoms with Crippen LogP contribution >= 0.6 is 15.9 Å². The van der Waals surface area contributed by atoms with Crippen molar-refractivity contribution in [2.75, 3.05) is 31.5 Å². The van der Waals surface area contributed by atoms with Crippen molar-refractivity contribution in [2.24, 2.45) is 0 Å². The van der Waals surface area contributed by atoms with Gasteiger partial charge in [-0.05, 0) is 54.1 Å². The zero-order valence-electron chi connectivity index (χ0n) is 10.0. The van der Waals surface area contributed by atoms with Gasteiger partial charge in [-0.15, -0.1) is 0 Å². The molecule has 0 spiro atoms. The first-order valence-corrected chi connectivity index (χ1v) is 6.63. The summed E-state index contributed by atoms with van der Waals surface area (Å²) in [6.45, 7) is 8.83. The fourth-order valence-corrected chi connectivity index (χ4v) is 1.79. The summed E-state index contributed by atoms with van der Waals surface area (Å²) in [6.07, 6.45) is 3.01. The number of pyridine rings is 1. The number of aromatic nitrogens is 1. The van der Waals surface area contributed by atoms with Gasteiger partial charge in [-0.1, -0.05) is 13.8 Å². The molecule has 1 aromatic heterocycles. The molecule has 1 heterocycles. The minimum Gasteiger partial charge on any atom is -0.384 e. The Morgan fingerprint density at radius 2 is 2.06 bits per heavy atom. The molecule has 1 rings (SSSR count). The Hall–Kier alpha value is -0.610. The molecule has 0 fully saturated rings. The fraction of sp³-hybridized carbons (Fsp3) is 0.583. The summed E-state index contributed by atoms with van der Waals surface area (Å²) in [4.78, 5) is 6.60. The predicted octanol–water partition coefficient (Wildman–Crippen LogP) is 2.99. The van der Waals surface area contributed by atoms with Crippen molar-refractivity contribution < 1.29 is 0 Å². The number of halogens is 1. The third kappa shape index (κ3) is 4.94. The predicted molar refractivity (Wildman–Crippen MR) is 72.8 cm³/mol. The molecule has 0 saturated carbocycles. The third-order valence-electron chi connectivity index (χ3n) is 2.60. The van der Waals surface area contributed by atoms with Gasteiger partial charge in [-0.2, -0.15) is 0 Å². The van der Waals surface area contributed by atoms with Crippen LogP contribution in [0.3, 0.4) is 0 Å². The SMILES string of the molecule is CCN(CC)CCCNc1ccc(Br)nc1. The number of hydrogen-bond acceptors (Lipinski definition) is 3. The number of nitrogens with zero attached hydrogens (tertiary/aromatic N) is 2. The molecule has 0 aromatic carbocycles. The zero-order chi connectivity index (χ0) is 11.8. The lowest BCUT2D eigenvalue weighted by Crippen LogP contribution is -2.25. The van der Waals surface area contributed by atoms with Crippen LogP contribution in [0.25, 0.3) is 0 Å². The molecule has 90 valence electrons. The molecule has 0 saturated heterocycles. The van der Waals surface area contributed by atoms with E-state index in [1.165, 1.54) is 0 Å². The largest absolute Gasteiger partial charge is 0.384 e. The first-order valence-electron chi connectivity index (χ1n) is 5.84. The lowest BCUT2D eigenvalue weighted by molar-refractivity contribution is 0.303. The minimum atomic E-state index is 0.876. The molecule has 0 radical (unpaired) electrons. The second-order valence-corrected chi connectivity index (χ2v) is 4.49. The smallest absolute Gasteiger partial charge is 0.106 e. The van der Waals surface area contributed by atoms with Gasteiger partial charge in [0.2, 0.25) is 0 Å². The van der Waals surface area contributed by atoms with Crippen LogP contribution in [0.1, 0.15) is 20.3 Å². The van der Waals surface area contributed by atoms with Crippen molar-refractivity contribution in [1.82, 2.24) is 9.88 Å². The summed E-state index contributed by atoms with van der Waals surface area (Å²) >= 11 is 3.32. The molecular weight excluding hydrogens is 266 g/mol. The molecule has 0 atom stereocenters. The fourth-order valence-electron chi connectivity index (χ4n) is 1.56. The van der Waals surface area contributed by atoms with E-state index in [1.807, 2.05) is 18.3 Å². The highest BCUT2D eigenvalue weighted by Gasteiger charge is 1.98. The van der Waals surface area contributed by atoms with Gasteiger partial charge in [0.25, 0.3) is 0 Å². The van der Waals surface area contributed by atoms with Crippen LogP contribution in [0, 0.1) is 0 Å². The monoisotopic (exact) mass is 285 g/mol. The quantitative estimate of drug-likeness (QED) is 0.617. The van der Waals surface area contributed by atoms with Gasteiger partial charge in [0.15, 0.2) is 0 Å². The maximum atomic E-state index is 4.17. The second kappa shape index (κ2) is 7.63. The van der Waals surface area contributed by atoms with Crippen molar-refractivity contribution in [1.29, 1.82) is 0 Å². The van der Waals surface area contributed by atoms with Gasteiger partial charge in [0.1, 0.15) is 4.60 Å². The van der Waals surface area contributed by atoms with Gasteiger partial charge in [0, 0.05) is 6.54 Å². The Balaban J connectivity index is 2.18. The Morgan fingerprint density at radius 1 is 1.31 bits per heavy atom. The Morgan fingerprint density at radius 3 is 2.62 bits per heavy atom. The van der Waals surface area contributed by atoms with Gasteiger partial charge < -0.3 is 10.2 Å². The summed E-state index contributed by atoms with van der Waals surface area (Å²) in [5.41, 5.74) is 1.09. The highest BCUT2D eigenvalue weighted by molar-refractivity contribution is 9.10. The lowest BCUT2D eigenvalue weighted by Gasteiger charge is -2.17. The van der Waals surface area contributed by atoms with Gasteiger partial charge >= 0.3 is 0 Å². The highest BCUT2D eigenvalue weighted by Crippen LogP contribution is 2.10. The normalized spacial score (nSPS) is 10.8. The van der Waals surface area contributed by atoms with Gasteiger partial charge in [-0.25, -0.2) is 4.98 Å². The molecule has 0 aliphatic rings. The summed E-state index contributed by atoms with van der Waals surface area (Å²) in [5.74, 6) is 0. The Bertz CT molecular complexity index is 283. The summed E-state index contributed by atoms with van der Waals surface area (Å²) in [6, 6.07) is 3.99. The summed E-state index contributed by atoms with van der Waals surface area (Å²) in [7, 11) is 0. The topological polar surface area (TPSA) is 28.2 Å². The number of hydrogen-bond donors (Lipinski definition) is 1. The molecule has 1 aromatic rings. The molecule has 0 aliphatic heterocycles. The van der Waals surface area contributed by atoms with Crippen LogP contribution in [0.4, 0.5) is 5.69 Å². The van der Waals surface area contributed by atoms with Crippen molar-refractivity contribution in [2.45, 2.75) is 20.3 Å². The zero-order valence-corrected chi connectivity index (χ0v) is 11.6. The molecule has 0 unspecified atom stereocenters. The van der Waals surface area contributed by atoms with E-state index in [9.17, 15) is 0 Å². The molecule has 16 heavy (non-hydrogen) atoms. The Kier molecular flexibility index (Phi) is 6.42. The van der Waals surface area contributed by atoms with Gasteiger partial charge in [0.05, 0.1) is 11.9 Å². The van der Waals surface area contributed by atoms with Crippen molar-refractivity contribution in [3.05, 3.63) is 22.9 Å². The number of nitrogens with one attached hydrogen (secondary N) is 1. The van der Waals surface area contributed by atoms with Crippen LogP contribution in [0.5, 0.6) is 0 Å². The first kappa shape index (κ1) is 13.5. The van der Waals surface area contributed by atoms with Crippen molar-refractivity contribution in [3.63, 3.8) is 0 Å². The van der Waals surface area contributed by atoms with E-state index < -0.39 is 0 Å². The first-order chi connectivity index (χ1) is 7.76. The summed E-state index contributed by atoms with van der Waals surface area (Å²) in [5, 5.41) is 3.37. The van der Waals surface area contributed by atoms with E-state index in [4.69, 9.17) is 0 Å². The van der Waals surface area contributed by atoms with E-state index in [0.717, 1.165) is 42.9 Å². The Labute approximate surface area is 106 Å². The standard InChI is InChI=1S/C12H20BrN3/c1-3-16(4-2)9-5-8-14-11-6-7-12(13)15-10-11/h6-7,10,14H,3-5,8-9H2,1-2H3. The van der Waals surface area contributed by atoms with Crippen LogP contribution in [-0.2, 0) is 0 Å². The number of rotatable bonds is 7. The average Bonchev–Trinajstić information content (AvgIpc) is 2.32. The second-order valence-electron chi connectivity index (χ2n) is 3.68. The molecular formula is C12H20BrN3. The van der Waals surface area contributed by atoms with E-state index in [2.05, 4.69) is 45.0 Å². The maximum Gasteiger partial charge on any atom is 0.106 e. The molecule has 1 N–H and O–H groups in total. The molecule has 0 bridgehead atoms. The highest BCUT2D eigenvalue weighted by atomic mass is 79.9. The maximum absolute atomic E-state index is 4.17. The van der Waals surface area contributed by atoms with Crippen molar-refractivity contribution >= 4 is 21.6 Å². The number of anilines is 1. The molecule has 0 aliphatic carbocycles. The lowest BCUT2D eigenvalue weighted by atomic mass is 10.3. The molecule has 0 amide bonds. The van der Waals surface area contributed by atoms with Crippen molar-refractivity contribution in [3.8, 4) is 0 Å². The van der Waals surface area contributed by atoms with E-state index in [0.29, 0.717) is 0 Å². The molecule has 3 nitrogen and oxygen atoms in total. The van der Waals surface area contributed by atoms with E-state index >= 15 is 0 Å². The average molecular weight is 286 g/mol. The van der Waals surface area contributed by atoms with Crippen LogP contribution in [0.2, 0.25) is 0 Å².